The molecule has 0 aliphatic carbocycles. The second-order valence-corrected chi connectivity index (χ2v) is 4.58. The van der Waals surface area contributed by atoms with E-state index in [0.29, 0.717) is 13.0 Å². The van der Waals surface area contributed by atoms with Crippen LogP contribution in [0.1, 0.15) is 27.9 Å². The third-order valence-electron chi connectivity index (χ3n) is 2.95. The molecular formula is C16H18N2O. The van der Waals surface area contributed by atoms with Gasteiger partial charge in [-0.05, 0) is 18.6 Å². The molecule has 2 rings (SSSR count). The molecule has 0 saturated heterocycles. The Balaban J connectivity index is 1.74. The van der Waals surface area contributed by atoms with Crippen LogP contribution in [0.15, 0.2) is 48.8 Å². The molecule has 1 aromatic carbocycles. The van der Waals surface area contributed by atoms with E-state index in [1.54, 1.807) is 6.20 Å². The first-order chi connectivity index (χ1) is 9.25. The van der Waals surface area contributed by atoms with Crippen LogP contribution in [-0.4, -0.2) is 17.3 Å². The number of benzene rings is 1. The normalized spacial score (nSPS) is 10.4. The fraction of sp³-hybridized carbons (Fsp3) is 0.250. The number of nitrogens with zero attached hydrogens (tertiary/aromatic N) is 1. The molecule has 3 nitrogen and oxygen atoms in total. The van der Waals surface area contributed by atoms with Gasteiger partial charge in [-0.15, -0.1) is 0 Å². The molecule has 0 fully saturated rings. The number of rotatable bonds is 6. The molecule has 1 aromatic heterocycles. The molecule has 2 aromatic rings. The molecule has 0 bridgehead atoms. The maximum Gasteiger partial charge on any atom is 0.164 e. The summed E-state index contributed by atoms with van der Waals surface area (Å²) < 4.78 is 0. The van der Waals surface area contributed by atoms with E-state index < -0.39 is 0 Å². The van der Waals surface area contributed by atoms with Crippen molar-refractivity contribution in [1.82, 2.24) is 10.3 Å². The fourth-order valence-corrected chi connectivity index (χ4v) is 1.82. The first-order valence-electron chi connectivity index (χ1n) is 6.45. The summed E-state index contributed by atoms with van der Waals surface area (Å²) in [5.74, 6) is 0.179. The van der Waals surface area contributed by atoms with Gasteiger partial charge in [-0.3, -0.25) is 9.78 Å². The summed E-state index contributed by atoms with van der Waals surface area (Å²) in [7, 11) is 0. The van der Waals surface area contributed by atoms with E-state index >= 15 is 0 Å². The molecule has 3 heteroatoms. The number of ketones is 1. The van der Waals surface area contributed by atoms with Crippen molar-refractivity contribution in [2.75, 3.05) is 6.54 Å². The van der Waals surface area contributed by atoms with Crippen molar-refractivity contribution in [3.8, 4) is 0 Å². The van der Waals surface area contributed by atoms with Crippen molar-refractivity contribution >= 4 is 5.78 Å². The van der Waals surface area contributed by atoms with Crippen molar-refractivity contribution in [2.24, 2.45) is 0 Å². The Morgan fingerprint density at radius 2 is 2.00 bits per heavy atom. The van der Waals surface area contributed by atoms with Crippen molar-refractivity contribution < 1.29 is 4.79 Å². The number of carbonyl (C=O) groups is 1. The fourth-order valence-electron chi connectivity index (χ4n) is 1.82. The van der Waals surface area contributed by atoms with Crippen molar-refractivity contribution in [1.29, 1.82) is 0 Å². The minimum Gasteiger partial charge on any atom is -0.312 e. The van der Waals surface area contributed by atoms with E-state index in [1.165, 1.54) is 5.56 Å². The number of hydrogen-bond acceptors (Lipinski definition) is 3. The molecule has 0 aliphatic rings. The van der Waals surface area contributed by atoms with Crippen LogP contribution in [0.4, 0.5) is 0 Å². The second kappa shape index (κ2) is 6.81. The van der Waals surface area contributed by atoms with E-state index in [1.807, 2.05) is 49.5 Å². The highest BCUT2D eigenvalue weighted by Gasteiger charge is 2.04. The highest BCUT2D eigenvalue weighted by molar-refractivity contribution is 5.96. The topological polar surface area (TPSA) is 42.0 Å². The lowest BCUT2D eigenvalue weighted by molar-refractivity contribution is 0.0982. The van der Waals surface area contributed by atoms with Crippen LogP contribution in [0.25, 0.3) is 0 Å². The minimum absolute atomic E-state index is 0.179. The Kier molecular flexibility index (Phi) is 4.81. The zero-order chi connectivity index (χ0) is 13.5. The van der Waals surface area contributed by atoms with Gasteiger partial charge < -0.3 is 5.32 Å². The molecule has 0 amide bonds. The first kappa shape index (κ1) is 13.4. The number of Topliss-reactive ketones (excluding diaryl/α,β-unsaturated/α-hetero) is 1. The van der Waals surface area contributed by atoms with Gasteiger partial charge in [0.2, 0.25) is 0 Å². The Hall–Kier alpha value is -2.00. The molecule has 98 valence electrons. The number of carbonyl (C=O) groups excluding carboxylic acids is 1. The summed E-state index contributed by atoms with van der Waals surface area (Å²) >= 11 is 0. The molecule has 0 unspecified atom stereocenters. The molecule has 0 saturated carbocycles. The summed E-state index contributed by atoms with van der Waals surface area (Å²) in [4.78, 5) is 16.0. The lowest BCUT2D eigenvalue weighted by Gasteiger charge is -2.04. The number of aromatic nitrogens is 1. The van der Waals surface area contributed by atoms with Gasteiger partial charge in [0.25, 0.3) is 0 Å². The third kappa shape index (κ3) is 4.30. The van der Waals surface area contributed by atoms with E-state index in [-0.39, 0.29) is 5.78 Å². The van der Waals surface area contributed by atoms with Crippen LogP contribution in [-0.2, 0) is 6.54 Å². The molecular weight excluding hydrogens is 236 g/mol. The maximum atomic E-state index is 11.9. The largest absolute Gasteiger partial charge is 0.312 e. The van der Waals surface area contributed by atoms with Gasteiger partial charge in [0.1, 0.15) is 0 Å². The Labute approximate surface area is 113 Å². The van der Waals surface area contributed by atoms with Gasteiger partial charge in [0.15, 0.2) is 5.78 Å². The number of aryl methyl sites for hydroxylation is 1. The molecule has 0 radical (unpaired) electrons. The Morgan fingerprint density at radius 3 is 2.68 bits per heavy atom. The molecule has 0 spiro atoms. The van der Waals surface area contributed by atoms with Crippen molar-refractivity contribution in [2.45, 2.75) is 19.9 Å². The Morgan fingerprint density at radius 1 is 1.21 bits per heavy atom. The maximum absolute atomic E-state index is 11.9. The predicted molar refractivity (Wildman–Crippen MR) is 76.1 cm³/mol. The first-order valence-corrected chi connectivity index (χ1v) is 6.45. The summed E-state index contributed by atoms with van der Waals surface area (Å²) in [5, 5.41) is 3.25. The van der Waals surface area contributed by atoms with Crippen molar-refractivity contribution in [3.05, 3.63) is 65.5 Å². The highest BCUT2D eigenvalue weighted by atomic mass is 16.1. The van der Waals surface area contributed by atoms with Gasteiger partial charge >= 0.3 is 0 Å². The van der Waals surface area contributed by atoms with Crippen LogP contribution in [0, 0.1) is 6.92 Å². The minimum atomic E-state index is 0.179. The van der Waals surface area contributed by atoms with E-state index in [9.17, 15) is 4.79 Å². The standard InChI is InChI=1S/C16H18N2O/c1-13-4-6-15(7-5-13)16(19)8-10-18-12-14-3-2-9-17-11-14/h2-7,9,11,18H,8,10,12H2,1H3. The van der Waals surface area contributed by atoms with Crippen LogP contribution in [0.3, 0.4) is 0 Å². The number of pyridine rings is 1. The summed E-state index contributed by atoms with van der Waals surface area (Å²) in [6.07, 6.45) is 4.10. The molecule has 1 N–H and O–H groups in total. The van der Waals surface area contributed by atoms with Crippen LogP contribution in [0.2, 0.25) is 0 Å². The second-order valence-electron chi connectivity index (χ2n) is 4.58. The third-order valence-corrected chi connectivity index (χ3v) is 2.95. The van der Waals surface area contributed by atoms with Gasteiger partial charge in [-0.2, -0.15) is 0 Å². The monoisotopic (exact) mass is 254 g/mol. The summed E-state index contributed by atoms with van der Waals surface area (Å²) in [6, 6.07) is 11.6. The average Bonchev–Trinajstić information content (AvgIpc) is 2.45. The zero-order valence-corrected chi connectivity index (χ0v) is 11.1. The molecule has 19 heavy (non-hydrogen) atoms. The molecule has 0 atom stereocenters. The van der Waals surface area contributed by atoms with Gasteiger partial charge in [0, 0.05) is 37.5 Å². The van der Waals surface area contributed by atoms with Crippen molar-refractivity contribution in [3.63, 3.8) is 0 Å². The Bertz CT molecular complexity index is 520. The van der Waals surface area contributed by atoms with Crippen LogP contribution >= 0.6 is 0 Å². The number of hydrogen-bond donors (Lipinski definition) is 1. The summed E-state index contributed by atoms with van der Waals surface area (Å²) in [6.45, 7) is 3.44. The highest BCUT2D eigenvalue weighted by Crippen LogP contribution is 2.05. The quantitative estimate of drug-likeness (QED) is 0.636. The van der Waals surface area contributed by atoms with Crippen LogP contribution in [0.5, 0.6) is 0 Å². The predicted octanol–water partition coefficient (Wildman–Crippen LogP) is 2.75. The molecule has 0 aliphatic heterocycles. The van der Waals surface area contributed by atoms with E-state index in [4.69, 9.17) is 0 Å². The SMILES string of the molecule is Cc1ccc(C(=O)CCNCc2cccnc2)cc1. The molecule has 1 heterocycles. The summed E-state index contributed by atoms with van der Waals surface area (Å²) in [5.41, 5.74) is 3.09. The van der Waals surface area contributed by atoms with Gasteiger partial charge in [-0.25, -0.2) is 0 Å². The number of nitrogens with one attached hydrogen (secondary N) is 1. The lowest BCUT2D eigenvalue weighted by atomic mass is 10.1. The van der Waals surface area contributed by atoms with Gasteiger partial charge in [-0.1, -0.05) is 35.9 Å². The van der Waals surface area contributed by atoms with E-state index in [0.717, 1.165) is 17.7 Å². The van der Waals surface area contributed by atoms with Gasteiger partial charge in [0.05, 0.1) is 0 Å². The smallest absolute Gasteiger partial charge is 0.164 e. The van der Waals surface area contributed by atoms with E-state index in [2.05, 4.69) is 10.3 Å². The van der Waals surface area contributed by atoms with Crippen LogP contribution < -0.4 is 5.32 Å². The lowest BCUT2D eigenvalue weighted by Crippen LogP contribution is -2.18. The average molecular weight is 254 g/mol. The zero-order valence-electron chi connectivity index (χ0n) is 11.1.